The molecule has 0 spiro atoms. The third kappa shape index (κ3) is 19.7. The Morgan fingerprint density at radius 3 is 1.85 bits per heavy atom. The van der Waals surface area contributed by atoms with Crippen molar-refractivity contribution in [1.29, 1.82) is 0 Å². The van der Waals surface area contributed by atoms with Gasteiger partial charge >= 0.3 is 0 Å². The van der Waals surface area contributed by atoms with Crippen LogP contribution in [0.4, 0.5) is 0 Å². The molecule has 0 atom stereocenters. The first-order chi connectivity index (χ1) is 12.9. The van der Waals surface area contributed by atoms with Gasteiger partial charge in [-0.05, 0) is 32.1 Å². The van der Waals surface area contributed by atoms with E-state index in [2.05, 4.69) is 19.1 Å². The molecule has 0 bridgehead atoms. The van der Waals surface area contributed by atoms with Crippen LogP contribution in [0.2, 0.25) is 0 Å². The number of amides is 1. The molecule has 6 heteroatoms. The van der Waals surface area contributed by atoms with Gasteiger partial charge in [0, 0.05) is 20.0 Å². The van der Waals surface area contributed by atoms with Crippen LogP contribution in [0.1, 0.15) is 96.8 Å². The second-order valence-electron chi connectivity index (χ2n) is 7.41. The van der Waals surface area contributed by atoms with Gasteiger partial charge in [-0.1, -0.05) is 70.4 Å². The highest BCUT2D eigenvalue weighted by Crippen LogP contribution is 2.10. The fourth-order valence-electron chi connectivity index (χ4n) is 2.91. The van der Waals surface area contributed by atoms with E-state index in [9.17, 15) is 17.8 Å². The first-order valence-corrected chi connectivity index (χ1v) is 12.3. The molecule has 0 aliphatic rings. The summed E-state index contributed by atoms with van der Waals surface area (Å²) in [5.41, 5.74) is 0. The van der Waals surface area contributed by atoms with Crippen LogP contribution in [0.5, 0.6) is 0 Å². The van der Waals surface area contributed by atoms with Crippen LogP contribution >= 0.6 is 0 Å². The fourth-order valence-corrected chi connectivity index (χ4v) is 3.41. The van der Waals surface area contributed by atoms with Crippen LogP contribution in [0.25, 0.3) is 0 Å². The smallest absolute Gasteiger partial charge is 0.222 e. The molecule has 0 aromatic rings. The molecule has 0 aromatic carbocycles. The van der Waals surface area contributed by atoms with Gasteiger partial charge in [0.05, 0.1) is 15.9 Å². The second kappa shape index (κ2) is 17.2. The van der Waals surface area contributed by atoms with Gasteiger partial charge in [0.2, 0.25) is 5.91 Å². The first kappa shape index (κ1) is 26.1. The van der Waals surface area contributed by atoms with Crippen molar-refractivity contribution in [2.45, 2.75) is 96.8 Å². The van der Waals surface area contributed by atoms with Crippen molar-refractivity contribution in [3.05, 3.63) is 12.2 Å². The number of rotatable bonds is 18. The zero-order chi connectivity index (χ0) is 20.4. The summed E-state index contributed by atoms with van der Waals surface area (Å²) in [6, 6.07) is 0. The Balaban J connectivity index is 3.41. The number of hydrogen-bond acceptors (Lipinski definition) is 4. The summed E-state index contributed by atoms with van der Waals surface area (Å²) in [5, 5.41) is 0. The molecule has 0 heterocycles. The summed E-state index contributed by atoms with van der Waals surface area (Å²) in [6.07, 6.45) is 20.8. The van der Waals surface area contributed by atoms with E-state index in [4.69, 9.17) is 0 Å². The minimum Gasteiger partial charge on any atom is -0.748 e. The van der Waals surface area contributed by atoms with E-state index < -0.39 is 15.9 Å². The number of carbonyl (C=O) groups excluding carboxylic acids is 1. The number of nitrogens with zero attached hydrogens (tertiary/aromatic N) is 1. The summed E-state index contributed by atoms with van der Waals surface area (Å²) in [4.78, 5) is 13.2. The SMILES string of the molecule is CCCCCCCCC=CCCCCCCCC(=O)N(C)CCS(=O)(=O)[O-]. The number of unbranched alkanes of at least 4 members (excludes halogenated alkanes) is 11. The van der Waals surface area contributed by atoms with Gasteiger partial charge in [-0.2, -0.15) is 0 Å². The van der Waals surface area contributed by atoms with Gasteiger partial charge in [0.25, 0.3) is 0 Å². The molecule has 0 aromatic heterocycles. The lowest BCUT2D eigenvalue weighted by Gasteiger charge is -2.18. The highest BCUT2D eigenvalue weighted by Gasteiger charge is 2.09. The number of carbonyl (C=O) groups is 1. The predicted octanol–water partition coefficient (Wildman–Crippen LogP) is 5.03. The molecule has 0 aliphatic carbocycles. The lowest BCUT2D eigenvalue weighted by Crippen LogP contribution is -2.31. The summed E-state index contributed by atoms with van der Waals surface area (Å²) in [7, 11) is -2.71. The Morgan fingerprint density at radius 1 is 0.852 bits per heavy atom. The van der Waals surface area contributed by atoms with E-state index in [-0.39, 0.29) is 12.5 Å². The van der Waals surface area contributed by atoms with Crippen molar-refractivity contribution >= 4 is 16.0 Å². The molecule has 0 saturated carbocycles. The van der Waals surface area contributed by atoms with Crippen LogP contribution in [-0.2, 0) is 14.9 Å². The average molecular weight is 403 g/mol. The van der Waals surface area contributed by atoms with Gasteiger partial charge in [-0.3, -0.25) is 4.79 Å². The first-order valence-electron chi connectivity index (χ1n) is 10.7. The van der Waals surface area contributed by atoms with Gasteiger partial charge in [0.1, 0.15) is 0 Å². The molecule has 0 N–H and O–H groups in total. The largest absolute Gasteiger partial charge is 0.748 e. The number of allylic oxidation sites excluding steroid dienone is 2. The van der Waals surface area contributed by atoms with E-state index in [1.165, 1.54) is 62.7 Å². The van der Waals surface area contributed by atoms with E-state index in [0.717, 1.165) is 25.7 Å². The normalized spacial score (nSPS) is 12.0. The quantitative estimate of drug-likeness (QED) is 0.183. The van der Waals surface area contributed by atoms with Crippen LogP contribution in [0.15, 0.2) is 12.2 Å². The van der Waals surface area contributed by atoms with Gasteiger partial charge in [0.15, 0.2) is 0 Å². The molecule has 0 fully saturated rings. The lowest BCUT2D eigenvalue weighted by atomic mass is 10.1. The average Bonchev–Trinajstić information content (AvgIpc) is 2.62. The Morgan fingerprint density at radius 2 is 1.33 bits per heavy atom. The molecule has 5 nitrogen and oxygen atoms in total. The minimum atomic E-state index is -4.25. The van der Waals surface area contributed by atoms with Crippen molar-refractivity contribution in [3.63, 3.8) is 0 Å². The molecule has 0 rings (SSSR count). The molecule has 0 saturated heterocycles. The molecule has 1 amide bonds. The summed E-state index contributed by atoms with van der Waals surface area (Å²) in [6.45, 7) is 2.23. The van der Waals surface area contributed by atoms with Crippen molar-refractivity contribution < 1.29 is 17.8 Å². The van der Waals surface area contributed by atoms with Gasteiger partial charge < -0.3 is 9.45 Å². The molecular formula is C21H40NO4S-. The van der Waals surface area contributed by atoms with Crippen LogP contribution in [-0.4, -0.2) is 43.1 Å². The highest BCUT2D eigenvalue weighted by molar-refractivity contribution is 7.85. The zero-order valence-electron chi connectivity index (χ0n) is 17.5. The summed E-state index contributed by atoms with van der Waals surface area (Å²) >= 11 is 0. The van der Waals surface area contributed by atoms with E-state index in [1.54, 1.807) is 7.05 Å². The van der Waals surface area contributed by atoms with Crippen molar-refractivity contribution in [2.75, 3.05) is 19.3 Å². The predicted molar refractivity (Wildman–Crippen MR) is 112 cm³/mol. The molecule has 27 heavy (non-hydrogen) atoms. The van der Waals surface area contributed by atoms with Crippen molar-refractivity contribution in [3.8, 4) is 0 Å². The van der Waals surface area contributed by atoms with Gasteiger partial charge in [-0.15, -0.1) is 0 Å². The van der Waals surface area contributed by atoms with E-state index in [0.29, 0.717) is 6.42 Å². The Hall–Kier alpha value is -0.880. The maximum Gasteiger partial charge on any atom is 0.222 e. The standard InChI is InChI=1S/C21H41NO4S/c1-3-4-5-6-7-8-9-10-11-12-13-14-15-16-17-18-21(23)22(2)19-20-27(24,25)26/h10-11H,3-9,12-20H2,1-2H3,(H,24,25,26)/p-1. The Kier molecular flexibility index (Phi) is 16.7. The number of hydrogen-bond donors (Lipinski definition) is 0. The van der Waals surface area contributed by atoms with Crippen LogP contribution in [0.3, 0.4) is 0 Å². The topological polar surface area (TPSA) is 77.5 Å². The molecule has 160 valence electrons. The summed E-state index contributed by atoms with van der Waals surface area (Å²) in [5.74, 6) is -0.599. The molecule has 0 aliphatic heterocycles. The summed E-state index contributed by atoms with van der Waals surface area (Å²) < 4.78 is 31.7. The maximum absolute atomic E-state index is 11.8. The zero-order valence-corrected chi connectivity index (χ0v) is 18.3. The monoisotopic (exact) mass is 402 g/mol. The Bertz CT molecular complexity index is 488. The van der Waals surface area contributed by atoms with Crippen LogP contribution < -0.4 is 0 Å². The second-order valence-corrected chi connectivity index (χ2v) is 8.93. The minimum absolute atomic E-state index is 0.0181. The molecular weight excluding hydrogens is 362 g/mol. The Labute approximate surface area is 167 Å². The van der Waals surface area contributed by atoms with E-state index >= 15 is 0 Å². The van der Waals surface area contributed by atoms with E-state index in [1.807, 2.05) is 0 Å². The molecule has 0 radical (unpaired) electrons. The lowest BCUT2D eigenvalue weighted by molar-refractivity contribution is -0.129. The van der Waals surface area contributed by atoms with Crippen LogP contribution in [0, 0.1) is 0 Å². The maximum atomic E-state index is 11.8. The fraction of sp³-hybridized carbons (Fsp3) is 0.857. The third-order valence-electron chi connectivity index (χ3n) is 4.75. The van der Waals surface area contributed by atoms with Gasteiger partial charge in [-0.25, -0.2) is 8.42 Å². The third-order valence-corrected chi connectivity index (χ3v) is 5.44. The van der Waals surface area contributed by atoms with Crippen molar-refractivity contribution in [1.82, 2.24) is 4.90 Å². The highest BCUT2D eigenvalue weighted by atomic mass is 32.2. The van der Waals surface area contributed by atoms with Crippen molar-refractivity contribution in [2.24, 2.45) is 0 Å². The molecule has 0 unspecified atom stereocenters.